The van der Waals surface area contributed by atoms with E-state index in [4.69, 9.17) is 0 Å². The second-order valence-corrected chi connectivity index (χ2v) is 15.1. The van der Waals surface area contributed by atoms with E-state index < -0.39 is 8.80 Å². The molecule has 0 spiro atoms. The molecule has 0 saturated carbocycles. The van der Waals surface area contributed by atoms with E-state index >= 15 is 0 Å². The minimum Gasteiger partial charge on any atom is -0.0664 e. The van der Waals surface area contributed by atoms with Gasteiger partial charge in [0.1, 0.15) is 8.80 Å². The first-order chi connectivity index (χ1) is 18.3. The van der Waals surface area contributed by atoms with Gasteiger partial charge in [-0.25, -0.2) is 0 Å². The summed E-state index contributed by atoms with van der Waals surface area (Å²) in [5.74, 6) is 0. The summed E-state index contributed by atoms with van der Waals surface area (Å²) < 4.78 is 0. The van der Waals surface area contributed by atoms with Crippen molar-refractivity contribution in [3.63, 3.8) is 0 Å². The zero-order valence-electron chi connectivity index (χ0n) is 21.1. The fraction of sp³-hybridized carbons (Fsp3) is 0.0857. The molecule has 0 aromatic heterocycles. The van der Waals surface area contributed by atoms with Gasteiger partial charge in [0.25, 0.3) is 0 Å². The maximum absolute atomic E-state index is 2.50. The van der Waals surface area contributed by atoms with Crippen molar-refractivity contribution in [1.82, 2.24) is 0 Å². The predicted octanol–water partition coefficient (Wildman–Crippen LogP) is 7.45. The first-order valence-electron chi connectivity index (χ1n) is 13.2. The van der Waals surface area contributed by atoms with E-state index in [2.05, 4.69) is 134 Å². The summed E-state index contributed by atoms with van der Waals surface area (Å²) in [6.07, 6.45) is 2.26. The highest BCUT2D eigenvalue weighted by Gasteiger charge is 2.27. The third-order valence-corrected chi connectivity index (χ3v) is 13.6. The van der Waals surface area contributed by atoms with Crippen LogP contribution >= 0.6 is 7.92 Å². The molecule has 0 radical (unpaired) electrons. The molecule has 1 aliphatic heterocycles. The highest BCUT2D eigenvalue weighted by molar-refractivity contribution is 7.64. The normalized spacial score (nSPS) is 14.2. The minimum absolute atomic E-state index is 0.386. The second-order valence-electron chi connectivity index (χ2n) is 10.2. The number of hydrogen-bond donors (Lipinski definition) is 0. The molecule has 178 valence electrons. The Balaban J connectivity index is 1.46. The van der Waals surface area contributed by atoms with E-state index in [1.165, 1.54) is 49.0 Å². The molecule has 0 unspecified atom stereocenters. The van der Waals surface area contributed by atoms with Crippen LogP contribution in [0.1, 0.15) is 11.1 Å². The third kappa shape index (κ3) is 3.95. The minimum atomic E-state index is -1.28. The van der Waals surface area contributed by atoms with Crippen LogP contribution in [0, 0.1) is 0 Å². The Labute approximate surface area is 222 Å². The molecule has 6 aromatic rings. The first kappa shape index (κ1) is 22.7. The van der Waals surface area contributed by atoms with Gasteiger partial charge in [-0.05, 0) is 61.4 Å². The van der Waals surface area contributed by atoms with Crippen LogP contribution < -0.4 is 15.7 Å². The van der Waals surface area contributed by atoms with Crippen molar-refractivity contribution < 1.29 is 0 Å². The molecule has 0 N–H and O–H groups in total. The van der Waals surface area contributed by atoms with Crippen molar-refractivity contribution in [2.75, 3.05) is 0 Å². The summed E-state index contributed by atoms with van der Waals surface area (Å²) in [4.78, 5) is 0. The Kier molecular flexibility index (Phi) is 5.77. The topological polar surface area (TPSA) is 0 Å². The second kappa shape index (κ2) is 9.42. The molecular formula is C35H29PSi. The van der Waals surface area contributed by atoms with Crippen molar-refractivity contribution >= 4 is 53.9 Å². The summed E-state index contributed by atoms with van der Waals surface area (Å²) in [5.41, 5.74) is 5.92. The van der Waals surface area contributed by atoms with E-state index in [0.717, 1.165) is 12.3 Å². The van der Waals surface area contributed by atoms with E-state index in [-0.39, 0.29) is 7.92 Å². The average Bonchev–Trinajstić information content (AvgIpc) is 3.14. The highest BCUT2D eigenvalue weighted by atomic mass is 31.1. The van der Waals surface area contributed by atoms with Gasteiger partial charge in [-0.15, -0.1) is 0 Å². The summed E-state index contributed by atoms with van der Waals surface area (Å²) in [6.45, 7) is 2.50. The molecule has 0 bridgehead atoms. The number of fused-ring (bicyclic) bond motifs is 7. The summed E-state index contributed by atoms with van der Waals surface area (Å²) in [7, 11) is -1.67. The first-order valence-corrected chi connectivity index (χ1v) is 17.2. The van der Waals surface area contributed by atoms with E-state index in [0.29, 0.717) is 0 Å². The highest BCUT2D eigenvalue weighted by Crippen LogP contribution is 2.52. The van der Waals surface area contributed by atoms with Gasteiger partial charge < -0.3 is 0 Å². The van der Waals surface area contributed by atoms with Crippen LogP contribution in [-0.2, 0) is 12.3 Å². The Morgan fingerprint density at radius 2 is 1.03 bits per heavy atom. The summed E-state index contributed by atoms with van der Waals surface area (Å²) >= 11 is 0. The van der Waals surface area contributed by atoms with E-state index in [1.54, 1.807) is 10.5 Å². The number of benzene rings is 6. The van der Waals surface area contributed by atoms with Crippen LogP contribution in [0.4, 0.5) is 0 Å². The average molecular weight is 509 g/mol. The zero-order valence-corrected chi connectivity index (χ0v) is 23.1. The van der Waals surface area contributed by atoms with Crippen molar-refractivity contribution in [3.05, 3.63) is 139 Å². The molecule has 0 amide bonds. The number of hydrogen-bond acceptors (Lipinski definition) is 0. The lowest BCUT2D eigenvalue weighted by molar-refractivity contribution is 1.40. The Morgan fingerprint density at radius 1 is 0.514 bits per heavy atom. The van der Waals surface area contributed by atoms with Gasteiger partial charge in [0.2, 0.25) is 0 Å². The van der Waals surface area contributed by atoms with Gasteiger partial charge in [0.05, 0.1) is 0 Å². The lowest BCUT2D eigenvalue weighted by Gasteiger charge is -2.23. The molecular weight excluding hydrogens is 479 g/mol. The van der Waals surface area contributed by atoms with E-state index in [9.17, 15) is 0 Å². The van der Waals surface area contributed by atoms with Gasteiger partial charge in [-0.1, -0.05) is 152 Å². The standard InChI is InChI=1S/C35H29PSi/c1-37(29-13-3-2-4-14-29)33-18-10-9-17-32(33)36-23-27-21-19-25-11-5-7-15-30(25)34(27)35-28(24-36)22-20-26-12-6-8-16-31(26)35/h2-22,37H,23-24H2,1H3/t37-/m1/s1. The van der Waals surface area contributed by atoms with Crippen molar-refractivity contribution in [1.29, 1.82) is 0 Å². The van der Waals surface area contributed by atoms with Gasteiger partial charge in [0.15, 0.2) is 0 Å². The van der Waals surface area contributed by atoms with Gasteiger partial charge in [-0.2, -0.15) is 0 Å². The maximum Gasteiger partial charge on any atom is 0.101 e. The molecule has 1 aliphatic rings. The molecule has 0 nitrogen and oxygen atoms in total. The van der Waals surface area contributed by atoms with Crippen LogP contribution in [0.3, 0.4) is 0 Å². The maximum atomic E-state index is 2.50. The number of rotatable bonds is 3. The Morgan fingerprint density at radius 3 is 1.65 bits per heavy atom. The van der Waals surface area contributed by atoms with Crippen LogP contribution in [0.25, 0.3) is 32.7 Å². The van der Waals surface area contributed by atoms with Crippen molar-refractivity contribution in [3.8, 4) is 11.1 Å². The molecule has 0 saturated heterocycles. The molecule has 2 heteroatoms. The van der Waals surface area contributed by atoms with Gasteiger partial charge in [0, 0.05) is 0 Å². The third-order valence-electron chi connectivity index (χ3n) is 8.05. The molecule has 7 rings (SSSR count). The fourth-order valence-electron chi connectivity index (χ4n) is 6.19. The van der Waals surface area contributed by atoms with Crippen molar-refractivity contribution in [2.24, 2.45) is 0 Å². The molecule has 1 heterocycles. The SMILES string of the molecule is C[Si@H](c1ccccc1)c1ccccc1P1Cc2ccc3ccccc3c2-c2c(ccc3ccccc23)C1. The smallest absolute Gasteiger partial charge is 0.0664 e. The van der Waals surface area contributed by atoms with Crippen LogP contribution in [0.15, 0.2) is 127 Å². The van der Waals surface area contributed by atoms with Gasteiger partial charge in [-0.3, -0.25) is 0 Å². The summed E-state index contributed by atoms with van der Waals surface area (Å²) in [5, 5.41) is 10.2. The van der Waals surface area contributed by atoms with Crippen LogP contribution in [0.2, 0.25) is 6.55 Å². The predicted molar refractivity (Wildman–Crippen MR) is 166 cm³/mol. The zero-order chi connectivity index (χ0) is 24.8. The lowest BCUT2D eigenvalue weighted by atomic mass is 9.88. The fourth-order valence-corrected chi connectivity index (χ4v) is 12.0. The summed E-state index contributed by atoms with van der Waals surface area (Å²) in [6, 6.07) is 48.0. The monoisotopic (exact) mass is 508 g/mol. The van der Waals surface area contributed by atoms with Crippen LogP contribution in [0.5, 0.6) is 0 Å². The molecule has 6 aromatic carbocycles. The van der Waals surface area contributed by atoms with E-state index in [1.807, 2.05) is 0 Å². The van der Waals surface area contributed by atoms with Crippen molar-refractivity contribution in [2.45, 2.75) is 18.9 Å². The quantitative estimate of drug-likeness (QED) is 0.172. The largest absolute Gasteiger partial charge is 0.101 e. The molecule has 0 aliphatic carbocycles. The molecule has 37 heavy (non-hydrogen) atoms. The lowest BCUT2D eigenvalue weighted by Crippen LogP contribution is -2.46. The molecule has 0 fully saturated rings. The molecule has 1 atom stereocenters. The Hall–Kier alpha value is -3.51. The van der Waals surface area contributed by atoms with Gasteiger partial charge >= 0.3 is 0 Å². The van der Waals surface area contributed by atoms with Crippen LogP contribution in [-0.4, -0.2) is 8.80 Å². The Bertz CT molecular complexity index is 1670.